The number of Topliss-reactive ketones (excluding diaryl/α,β-unsaturated/α-hetero) is 1. The summed E-state index contributed by atoms with van der Waals surface area (Å²) in [5, 5.41) is 1.10. The van der Waals surface area contributed by atoms with Crippen LogP contribution in [0, 0.1) is 0 Å². The number of benzene rings is 1. The molecule has 0 amide bonds. The lowest BCUT2D eigenvalue weighted by Gasteiger charge is -2.09. The molecular formula is C16H20N2OS. The molecule has 3 nitrogen and oxygen atoms in total. The van der Waals surface area contributed by atoms with Gasteiger partial charge in [0.2, 0.25) is 0 Å². The number of carbonyl (C=O) groups is 1. The van der Waals surface area contributed by atoms with Crippen LogP contribution in [-0.4, -0.2) is 36.3 Å². The summed E-state index contributed by atoms with van der Waals surface area (Å²) in [6, 6.07) is 7.97. The molecule has 0 aliphatic carbocycles. The average molecular weight is 288 g/mol. The standard InChI is InChI=1S/C16H20N2OS/c1-18(2)11-9-13(19)7-5-12-6-8-15(20)16-14(12)4-3-10-17-16/h3-4,6,8,10,20H,5,7,9,11H2,1-2H3. The first-order valence-electron chi connectivity index (χ1n) is 6.80. The van der Waals surface area contributed by atoms with Crippen LogP contribution in [0.5, 0.6) is 0 Å². The van der Waals surface area contributed by atoms with Crippen molar-refractivity contribution in [1.29, 1.82) is 0 Å². The minimum absolute atomic E-state index is 0.311. The van der Waals surface area contributed by atoms with Gasteiger partial charge >= 0.3 is 0 Å². The SMILES string of the molecule is CN(C)CCC(=O)CCc1ccc(S)c2ncccc12. The van der Waals surface area contributed by atoms with Crippen LogP contribution in [0.3, 0.4) is 0 Å². The van der Waals surface area contributed by atoms with E-state index in [-0.39, 0.29) is 0 Å². The molecule has 20 heavy (non-hydrogen) atoms. The lowest BCUT2D eigenvalue weighted by atomic mass is 10.0. The van der Waals surface area contributed by atoms with Crippen molar-refractivity contribution in [1.82, 2.24) is 9.88 Å². The number of pyridine rings is 1. The monoisotopic (exact) mass is 288 g/mol. The van der Waals surface area contributed by atoms with Gasteiger partial charge in [0.05, 0.1) is 5.52 Å². The van der Waals surface area contributed by atoms with Gasteiger partial charge in [0.1, 0.15) is 5.78 Å². The quantitative estimate of drug-likeness (QED) is 0.830. The first kappa shape index (κ1) is 15.0. The number of nitrogens with zero attached hydrogens (tertiary/aromatic N) is 2. The van der Waals surface area contributed by atoms with Crippen molar-refractivity contribution in [3.63, 3.8) is 0 Å². The second-order valence-corrected chi connectivity index (χ2v) is 5.72. The summed E-state index contributed by atoms with van der Waals surface area (Å²) < 4.78 is 0. The van der Waals surface area contributed by atoms with E-state index in [2.05, 4.69) is 17.6 Å². The lowest BCUT2D eigenvalue weighted by molar-refractivity contribution is -0.119. The predicted molar refractivity (Wildman–Crippen MR) is 85.5 cm³/mol. The van der Waals surface area contributed by atoms with Gasteiger partial charge in [-0.25, -0.2) is 0 Å². The van der Waals surface area contributed by atoms with Gasteiger partial charge in [-0.3, -0.25) is 9.78 Å². The van der Waals surface area contributed by atoms with Gasteiger partial charge in [0.25, 0.3) is 0 Å². The van der Waals surface area contributed by atoms with Crippen LogP contribution < -0.4 is 0 Å². The molecule has 0 unspecified atom stereocenters. The van der Waals surface area contributed by atoms with Crippen molar-refractivity contribution >= 4 is 29.3 Å². The van der Waals surface area contributed by atoms with Gasteiger partial charge < -0.3 is 4.90 Å². The molecule has 0 saturated heterocycles. The van der Waals surface area contributed by atoms with Crippen molar-refractivity contribution < 1.29 is 4.79 Å². The maximum Gasteiger partial charge on any atom is 0.134 e. The molecule has 0 aliphatic rings. The highest BCUT2D eigenvalue weighted by molar-refractivity contribution is 7.80. The maximum absolute atomic E-state index is 11.9. The Morgan fingerprint density at radius 1 is 1.25 bits per heavy atom. The van der Waals surface area contributed by atoms with E-state index in [1.807, 2.05) is 43.3 Å². The first-order chi connectivity index (χ1) is 9.58. The van der Waals surface area contributed by atoms with Gasteiger partial charge in [-0.05, 0) is 38.2 Å². The molecule has 0 saturated carbocycles. The predicted octanol–water partition coefficient (Wildman–Crippen LogP) is 2.98. The Morgan fingerprint density at radius 3 is 2.80 bits per heavy atom. The second-order valence-electron chi connectivity index (χ2n) is 5.24. The molecule has 106 valence electrons. The molecule has 0 radical (unpaired) electrons. The fourth-order valence-electron chi connectivity index (χ4n) is 2.18. The number of hydrogen-bond acceptors (Lipinski definition) is 4. The molecular weight excluding hydrogens is 268 g/mol. The van der Waals surface area contributed by atoms with Crippen LogP contribution >= 0.6 is 12.6 Å². The number of hydrogen-bond donors (Lipinski definition) is 1. The van der Waals surface area contributed by atoms with Crippen LogP contribution in [0.2, 0.25) is 0 Å². The van der Waals surface area contributed by atoms with Crippen LogP contribution in [0.4, 0.5) is 0 Å². The molecule has 0 N–H and O–H groups in total. The summed E-state index contributed by atoms with van der Waals surface area (Å²) in [7, 11) is 3.97. The number of aromatic nitrogens is 1. The van der Waals surface area contributed by atoms with Crippen LogP contribution in [0.1, 0.15) is 18.4 Å². The van der Waals surface area contributed by atoms with Crippen LogP contribution in [-0.2, 0) is 11.2 Å². The molecule has 0 spiro atoms. The molecule has 4 heteroatoms. The van der Waals surface area contributed by atoms with Crippen LogP contribution in [0.15, 0.2) is 35.4 Å². The first-order valence-corrected chi connectivity index (χ1v) is 7.24. The van der Waals surface area contributed by atoms with E-state index < -0.39 is 0 Å². The Hall–Kier alpha value is -1.39. The zero-order valence-electron chi connectivity index (χ0n) is 12.0. The third-order valence-electron chi connectivity index (χ3n) is 3.35. The molecule has 0 fully saturated rings. The van der Waals surface area contributed by atoms with E-state index in [9.17, 15) is 4.79 Å². The van der Waals surface area contributed by atoms with E-state index in [4.69, 9.17) is 0 Å². The summed E-state index contributed by atoms with van der Waals surface area (Å²) in [6.45, 7) is 0.816. The highest BCUT2D eigenvalue weighted by Gasteiger charge is 2.08. The van der Waals surface area contributed by atoms with Crippen LogP contribution in [0.25, 0.3) is 10.9 Å². The lowest BCUT2D eigenvalue weighted by Crippen LogP contribution is -2.16. The molecule has 1 aromatic carbocycles. The normalized spacial score (nSPS) is 11.2. The van der Waals surface area contributed by atoms with Crippen molar-refractivity contribution in [3.8, 4) is 0 Å². The molecule has 2 aromatic rings. The minimum atomic E-state index is 0.311. The number of aryl methyl sites for hydroxylation is 1. The maximum atomic E-state index is 11.9. The van der Waals surface area contributed by atoms with Gasteiger partial charge in [-0.15, -0.1) is 12.6 Å². The highest BCUT2D eigenvalue weighted by Crippen LogP contribution is 2.24. The highest BCUT2D eigenvalue weighted by atomic mass is 32.1. The summed E-state index contributed by atoms with van der Waals surface area (Å²) in [5.41, 5.74) is 2.08. The second kappa shape index (κ2) is 6.86. The number of fused-ring (bicyclic) bond motifs is 1. The van der Waals surface area contributed by atoms with E-state index >= 15 is 0 Å². The molecule has 0 atom stereocenters. The summed E-state index contributed by atoms with van der Waals surface area (Å²) in [5.74, 6) is 0.311. The fourth-order valence-corrected chi connectivity index (χ4v) is 2.43. The Bertz CT molecular complexity index is 610. The Balaban J connectivity index is 2.07. The third-order valence-corrected chi connectivity index (χ3v) is 3.71. The zero-order chi connectivity index (χ0) is 14.5. The van der Waals surface area contributed by atoms with E-state index in [1.54, 1.807) is 6.20 Å². The van der Waals surface area contributed by atoms with Gasteiger partial charge in [0, 0.05) is 35.9 Å². The van der Waals surface area contributed by atoms with E-state index in [0.29, 0.717) is 18.6 Å². The van der Waals surface area contributed by atoms with Crippen molar-refractivity contribution in [2.45, 2.75) is 24.2 Å². The number of carbonyl (C=O) groups excluding carboxylic acids is 1. The largest absolute Gasteiger partial charge is 0.309 e. The molecule has 2 rings (SSSR count). The Kier molecular flexibility index (Phi) is 5.15. The van der Waals surface area contributed by atoms with Gasteiger partial charge in [0.15, 0.2) is 0 Å². The van der Waals surface area contributed by atoms with E-state index in [1.165, 1.54) is 5.56 Å². The van der Waals surface area contributed by atoms with Crippen molar-refractivity contribution in [2.24, 2.45) is 0 Å². The smallest absolute Gasteiger partial charge is 0.134 e. The summed E-state index contributed by atoms with van der Waals surface area (Å²) in [6.07, 6.45) is 3.74. The average Bonchev–Trinajstić information content (AvgIpc) is 2.45. The third kappa shape index (κ3) is 3.81. The minimum Gasteiger partial charge on any atom is -0.309 e. The molecule has 0 bridgehead atoms. The molecule has 1 aromatic heterocycles. The van der Waals surface area contributed by atoms with Gasteiger partial charge in [-0.1, -0.05) is 12.1 Å². The Morgan fingerprint density at radius 2 is 2.05 bits per heavy atom. The van der Waals surface area contributed by atoms with Gasteiger partial charge in [-0.2, -0.15) is 0 Å². The number of rotatable bonds is 6. The topological polar surface area (TPSA) is 33.2 Å². The van der Waals surface area contributed by atoms with Crippen molar-refractivity contribution in [2.75, 3.05) is 20.6 Å². The fraction of sp³-hybridized carbons (Fsp3) is 0.375. The zero-order valence-corrected chi connectivity index (χ0v) is 12.9. The van der Waals surface area contributed by atoms with E-state index in [0.717, 1.165) is 28.8 Å². The molecule has 0 aliphatic heterocycles. The number of thiol groups is 1. The Labute approximate surface area is 125 Å². The van der Waals surface area contributed by atoms with Crippen molar-refractivity contribution in [3.05, 3.63) is 36.0 Å². The number of ketones is 1. The molecule has 1 heterocycles. The summed E-state index contributed by atoms with van der Waals surface area (Å²) >= 11 is 4.43. The summed E-state index contributed by atoms with van der Waals surface area (Å²) in [4.78, 5) is 19.1.